The number of nitrogens with zero attached hydrogens (tertiary/aromatic N) is 1. The molecule has 1 N–H and O–H groups in total. The maximum Gasteiger partial charge on any atom is 0.361 e. The first-order valence-electron chi connectivity index (χ1n) is 41.8. The molecule has 0 aliphatic heterocycles. The number of carboxylic acid groups (broad SMARTS) is 1. The summed E-state index contributed by atoms with van der Waals surface area (Å²) in [6.45, 7) is 4.82. The van der Waals surface area contributed by atoms with Crippen LogP contribution in [0.3, 0.4) is 0 Å². The number of allylic oxidation sites excluding steroid dienone is 14. The van der Waals surface area contributed by atoms with E-state index in [2.05, 4.69) is 98.9 Å². The number of quaternary nitrogens is 1. The van der Waals surface area contributed by atoms with Crippen LogP contribution in [0.2, 0.25) is 0 Å². The molecular weight excluding hydrogens is 1200 g/mol. The molecule has 0 bridgehead atoms. The third-order valence-corrected chi connectivity index (χ3v) is 18.6. The van der Waals surface area contributed by atoms with Crippen LogP contribution >= 0.6 is 0 Å². The highest BCUT2D eigenvalue weighted by molar-refractivity contribution is 5.71. The van der Waals surface area contributed by atoms with Gasteiger partial charge < -0.3 is 28.5 Å². The third kappa shape index (κ3) is 79.7. The standard InChI is InChI=1S/C88H159NO8/c1-6-8-10-12-14-16-18-20-22-24-26-28-30-32-34-36-38-40-42-43-45-46-48-50-52-54-56-58-60-62-64-66-68-70-72-74-76-78-85(90)95-82-84(83-96-88(87(92)93)94-81-80-89(3,4)5)97-86(91)79-77-75-73-71-69-67-65-63-61-59-57-55-53-51-49-47-44-41-39-37-35-33-31-29-27-25-23-21-19-17-15-13-11-9-7-2/h9,11,15,17-18,20-21,23-24,26-27,29-30,32,84,88H,6-8,10,12-14,16,19,22,25,28,31,33-83H2,1-5H3/p+1/b11-9-,17-15-,20-18-,23-21-,26-24-,29-27-,32-30-. The van der Waals surface area contributed by atoms with E-state index in [0.717, 1.165) is 77.0 Å². The SMILES string of the molecule is CC/C=C\C/C=C\C/C=C\C/C=C\CCCCCCCCCCCCCCCCCCCCCCCCC(=O)OC(COC(=O)CCCCCCCCCCCCCCCCCCCCCCCC/C=C\C/C=C\C/C=C\CCCCCCC)COC(OCC[N+](C)(C)C)C(=O)O. The normalized spacial score (nSPS) is 13.0. The van der Waals surface area contributed by atoms with E-state index in [9.17, 15) is 19.5 Å². The summed E-state index contributed by atoms with van der Waals surface area (Å²) in [6.07, 6.45) is 105. The van der Waals surface area contributed by atoms with Crippen LogP contribution in [-0.2, 0) is 33.3 Å². The fraction of sp³-hybridized carbons (Fsp3) is 0.807. The van der Waals surface area contributed by atoms with Crippen molar-refractivity contribution in [1.29, 1.82) is 0 Å². The van der Waals surface area contributed by atoms with E-state index in [1.807, 2.05) is 21.1 Å². The Balaban J connectivity index is 3.96. The summed E-state index contributed by atoms with van der Waals surface area (Å²) < 4.78 is 23.1. The number of hydrogen-bond acceptors (Lipinski definition) is 7. The monoisotopic (exact) mass is 1360 g/mol. The van der Waals surface area contributed by atoms with Gasteiger partial charge in [-0.05, 0) is 89.9 Å². The number of hydrogen-bond donors (Lipinski definition) is 1. The van der Waals surface area contributed by atoms with Gasteiger partial charge in [-0.3, -0.25) is 9.59 Å². The quantitative estimate of drug-likeness (QED) is 0.0211. The molecule has 0 spiro atoms. The molecule has 0 saturated carbocycles. The summed E-state index contributed by atoms with van der Waals surface area (Å²) in [4.78, 5) is 37.8. The number of carbonyl (C=O) groups excluding carboxylic acids is 2. The van der Waals surface area contributed by atoms with E-state index in [-0.39, 0.29) is 38.2 Å². The molecule has 97 heavy (non-hydrogen) atoms. The van der Waals surface area contributed by atoms with E-state index < -0.39 is 18.4 Å². The van der Waals surface area contributed by atoms with Gasteiger partial charge in [-0.2, -0.15) is 0 Å². The van der Waals surface area contributed by atoms with Crippen LogP contribution in [-0.4, -0.2) is 87.4 Å². The number of esters is 2. The second kappa shape index (κ2) is 78.2. The lowest BCUT2D eigenvalue weighted by Crippen LogP contribution is -2.40. The summed E-state index contributed by atoms with van der Waals surface area (Å²) >= 11 is 0. The highest BCUT2D eigenvalue weighted by Gasteiger charge is 2.25. The fourth-order valence-electron chi connectivity index (χ4n) is 12.3. The van der Waals surface area contributed by atoms with E-state index in [4.69, 9.17) is 18.9 Å². The van der Waals surface area contributed by atoms with Gasteiger partial charge in [-0.25, -0.2) is 4.79 Å². The average molecular weight is 1360 g/mol. The summed E-state index contributed by atoms with van der Waals surface area (Å²) in [7, 11) is 6.00. The third-order valence-electron chi connectivity index (χ3n) is 18.6. The van der Waals surface area contributed by atoms with Crippen molar-refractivity contribution in [3.63, 3.8) is 0 Å². The minimum Gasteiger partial charge on any atom is -0.477 e. The molecule has 0 aromatic heterocycles. The van der Waals surface area contributed by atoms with Crippen LogP contribution in [0.5, 0.6) is 0 Å². The summed E-state index contributed by atoms with van der Waals surface area (Å²) in [5.74, 6) is -1.98. The zero-order valence-electron chi connectivity index (χ0n) is 64.7. The first kappa shape index (κ1) is 93.5. The molecule has 0 saturated heterocycles. The number of carboxylic acids is 1. The number of unbranched alkanes of at least 4 members (excludes halogenated alkanes) is 49. The minimum absolute atomic E-state index is 0.178. The Hall–Kier alpha value is -3.53. The van der Waals surface area contributed by atoms with E-state index in [1.165, 1.54) is 295 Å². The number of rotatable bonds is 78. The van der Waals surface area contributed by atoms with E-state index in [0.29, 0.717) is 17.4 Å². The second-order valence-corrected chi connectivity index (χ2v) is 29.4. The lowest BCUT2D eigenvalue weighted by Gasteiger charge is -2.25. The second-order valence-electron chi connectivity index (χ2n) is 29.4. The molecule has 2 unspecified atom stereocenters. The van der Waals surface area contributed by atoms with Crippen LogP contribution in [0.25, 0.3) is 0 Å². The Bertz CT molecular complexity index is 1870. The smallest absolute Gasteiger partial charge is 0.361 e. The zero-order valence-corrected chi connectivity index (χ0v) is 64.7. The lowest BCUT2D eigenvalue weighted by molar-refractivity contribution is -0.870. The van der Waals surface area contributed by atoms with Crippen LogP contribution in [0, 0.1) is 0 Å². The van der Waals surface area contributed by atoms with Gasteiger partial charge in [0, 0.05) is 12.8 Å². The van der Waals surface area contributed by atoms with Crippen molar-refractivity contribution in [2.75, 3.05) is 47.5 Å². The largest absolute Gasteiger partial charge is 0.477 e. The van der Waals surface area contributed by atoms with Gasteiger partial charge in [-0.15, -0.1) is 0 Å². The first-order chi connectivity index (χ1) is 47.6. The number of likely N-dealkylation sites (N-methyl/N-ethyl adjacent to an activating group) is 1. The van der Waals surface area contributed by atoms with Gasteiger partial charge >= 0.3 is 17.9 Å². The van der Waals surface area contributed by atoms with Crippen LogP contribution in [0.1, 0.15) is 399 Å². The molecule has 0 radical (unpaired) electrons. The van der Waals surface area contributed by atoms with Crippen molar-refractivity contribution in [1.82, 2.24) is 0 Å². The Morgan fingerprint density at radius 1 is 0.320 bits per heavy atom. The van der Waals surface area contributed by atoms with Gasteiger partial charge in [0.15, 0.2) is 6.10 Å². The number of carbonyl (C=O) groups is 3. The van der Waals surface area contributed by atoms with Crippen molar-refractivity contribution < 1.29 is 42.9 Å². The van der Waals surface area contributed by atoms with Gasteiger partial charge in [0.25, 0.3) is 6.29 Å². The Labute approximate surface area is 601 Å². The molecule has 564 valence electrons. The maximum absolute atomic E-state index is 13.0. The number of ether oxygens (including phenoxy) is 4. The molecule has 0 fully saturated rings. The topological polar surface area (TPSA) is 108 Å². The number of aliphatic carboxylic acids is 1. The van der Waals surface area contributed by atoms with Crippen molar-refractivity contribution >= 4 is 17.9 Å². The van der Waals surface area contributed by atoms with Gasteiger partial charge in [0.05, 0.1) is 34.4 Å². The van der Waals surface area contributed by atoms with E-state index in [1.54, 1.807) is 0 Å². The van der Waals surface area contributed by atoms with Crippen molar-refractivity contribution in [2.45, 2.75) is 411 Å². The van der Waals surface area contributed by atoms with Crippen LogP contribution in [0.4, 0.5) is 0 Å². The van der Waals surface area contributed by atoms with Crippen LogP contribution < -0.4 is 0 Å². The van der Waals surface area contributed by atoms with Crippen molar-refractivity contribution in [3.8, 4) is 0 Å². The lowest BCUT2D eigenvalue weighted by atomic mass is 10.0. The summed E-state index contributed by atoms with van der Waals surface area (Å²) in [5, 5.41) is 9.78. The molecule has 9 heteroatoms. The zero-order chi connectivity index (χ0) is 70.4. The molecule has 2 atom stereocenters. The molecular formula is C88H160NO8+. The predicted molar refractivity (Wildman–Crippen MR) is 419 cm³/mol. The Kier molecular flexibility index (Phi) is 75.3. The summed E-state index contributed by atoms with van der Waals surface area (Å²) in [6, 6.07) is 0. The minimum atomic E-state index is -1.51. The van der Waals surface area contributed by atoms with Gasteiger partial charge in [0.2, 0.25) is 0 Å². The van der Waals surface area contributed by atoms with Crippen molar-refractivity contribution in [2.24, 2.45) is 0 Å². The molecule has 0 aromatic rings. The fourth-order valence-corrected chi connectivity index (χ4v) is 12.3. The summed E-state index contributed by atoms with van der Waals surface area (Å²) in [5.41, 5.74) is 0. The molecule has 0 aliphatic carbocycles. The van der Waals surface area contributed by atoms with Crippen molar-refractivity contribution in [3.05, 3.63) is 85.1 Å². The highest BCUT2D eigenvalue weighted by Crippen LogP contribution is 2.20. The first-order valence-corrected chi connectivity index (χ1v) is 41.8. The predicted octanol–water partition coefficient (Wildman–Crippen LogP) is 26.9. The van der Waals surface area contributed by atoms with Gasteiger partial charge in [-0.1, -0.05) is 381 Å². The van der Waals surface area contributed by atoms with Gasteiger partial charge in [0.1, 0.15) is 13.2 Å². The maximum atomic E-state index is 13.0. The molecule has 0 rings (SSSR count). The molecule has 0 amide bonds. The van der Waals surface area contributed by atoms with Crippen LogP contribution in [0.15, 0.2) is 85.1 Å². The molecule has 0 heterocycles. The Morgan fingerprint density at radius 2 is 0.588 bits per heavy atom. The van der Waals surface area contributed by atoms with E-state index >= 15 is 0 Å². The Morgan fingerprint density at radius 3 is 0.876 bits per heavy atom. The highest BCUT2D eigenvalue weighted by atomic mass is 16.7. The molecule has 0 aromatic carbocycles. The molecule has 9 nitrogen and oxygen atoms in total. The average Bonchev–Trinajstić information content (AvgIpc) is 3.74. The molecule has 0 aliphatic rings.